The summed E-state index contributed by atoms with van der Waals surface area (Å²) in [5, 5.41) is 2.44. The summed E-state index contributed by atoms with van der Waals surface area (Å²) in [7, 11) is 0. The minimum absolute atomic E-state index is 0.200. The molecule has 0 aromatic heterocycles. The van der Waals surface area contributed by atoms with Crippen LogP contribution in [0.25, 0.3) is 0 Å². The number of nitrogens with one attached hydrogen (secondary N) is 1. The largest absolute Gasteiger partial charge is 0.455 e. The number of ether oxygens (including phenoxy) is 1. The maximum absolute atomic E-state index is 13.4. The molecule has 2 aromatic carbocycles. The van der Waals surface area contributed by atoms with Crippen LogP contribution < -0.4 is 5.32 Å². The molecule has 114 valence electrons. The first-order valence-electron chi connectivity index (χ1n) is 6.49. The summed E-state index contributed by atoms with van der Waals surface area (Å²) in [5.41, 5.74) is 0.586. The highest BCUT2D eigenvalue weighted by Gasteiger charge is 2.11. The summed E-state index contributed by atoms with van der Waals surface area (Å²) in [6, 6.07) is 11.0. The van der Waals surface area contributed by atoms with Gasteiger partial charge in [0.25, 0.3) is 5.91 Å². The van der Waals surface area contributed by atoms with Gasteiger partial charge in [-0.1, -0.05) is 18.2 Å². The van der Waals surface area contributed by atoms with E-state index in [1.807, 2.05) is 0 Å². The third-order valence-electron chi connectivity index (χ3n) is 2.78. The zero-order chi connectivity index (χ0) is 15.9. The van der Waals surface area contributed by atoms with Crippen molar-refractivity contribution in [3.63, 3.8) is 0 Å². The van der Waals surface area contributed by atoms with Crippen LogP contribution in [-0.4, -0.2) is 18.5 Å². The SMILES string of the molecule is O=C(COC(=O)Cc1ccccc1F)Nc1ccc(F)cc1. The van der Waals surface area contributed by atoms with Crippen molar-refractivity contribution in [2.24, 2.45) is 0 Å². The molecule has 0 aliphatic carbocycles. The van der Waals surface area contributed by atoms with Gasteiger partial charge in [-0.2, -0.15) is 0 Å². The van der Waals surface area contributed by atoms with Gasteiger partial charge in [-0.25, -0.2) is 8.78 Å². The van der Waals surface area contributed by atoms with Crippen molar-refractivity contribution >= 4 is 17.6 Å². The Morgan fingerprint density at radius 1 is 1.00 bits per heavy atom. The highest BCUT2D eigenvalue weighted by Crippen LogP contribution is 2.09. The van der Waals surface area contributed by atoms with Crippen molar-refractivity contribution in [3.05, 3.63) is 65.7 Å². The predicted molar refractivity (Wildman–Crippen MR) is 76.1 cm³/mol. The van der Waals surface area contributed by atoms with Crippen molar-refractivity contribution in [3.8, 4) is 0 Å². The van der Waals surface area contributed by atoms with Gasteiger partial charge in [0.1, 0.15) is 11.6 Å². The van der Waals surface area contributed by atoms with Gasteiger partial charge in [0.15, 0.2) is 6.61 Å². The Morgan fingerprint density at radius 2 is 1.68 bits per heavy atom. The standard InChI is InChI=1S/C16H13F2NO3/c17-12-5-7-13(8-6-12)19-15(20)10-22-16(21)9-11-3-1-2-4-14(11)18/h1-8H,9-10H2,(H,19,20). The zero-order valence-corrected chi connectivity index (χ0v) is 11.5. The fourth-order valence-electron chi connectivity index (χ4n) is 1.72. The molecule has 2 aromatic rings. The lowest BCUT2D eigenvalue weighted by Crippen LogP contribution is -2.21. The second-order valence-electron chi connectivity index (χ2n) is 4.48. The van der Waals surface area contributed by atoms with E-state index in [0.29, 0.717) is 5.69 Å². The van der Waals surface area contributed by atoms with Gasteiger partial charge in [0.05, 0.1) is 6.42 Å². The van der Waals surface area contributed by atoms with Crippen LogP contribution >= 0.6 is 0 Å². The topological polar surface area (TPSA) is 55.4 Å². The van der Waals surface area contributed by atoms with E-state index in [0.717, 1.165) is 0 Å². The molecule has 0 saturated carbocycles. The van der Waals surface area contributed by atoms with Crippen molar-refractivity contribution in [2.45, 2.75) is 6.42 Å². The van der Waals surface area contributed by atoms with E-state index in [9.17, 15) is 18.4 Å². The summed E-state index contributed by atoms with van der Waals surface area (Å²) in [5.74, 6) is -2.20. The van der Waals surface area contributed by atoms with Crippen molar-refractivity contribution in [2.75, 3.05) is 11.9 Å². The van der Waals surface area contributed by atoms with Gasteiger partial charge in [0, 0.05) is 5.69 Å². The second kappa shape index (κ2) is 7.31. The molecule has 6 heteroatoms. The Labute approximate surface area is 125 Å². The van der Waals surface area contributed by atoms with Crippen LogP contribution in [0.4, 0.5) is 14.5 Å². The van der Waals surface area contributed by atoms with E-state index in [-0.39, 0.29) is 12.0 Å². The van der Waals surface area contributed by atoms with Crippen molar-refractivity contribution < 1.29 is 23.1 Å². The minimum atomic E-state index is -0.709. The number of carbonyl (C=O) groups is 2. The van der Waals surface area contributed by atoms with Crippen molar-refractivity contribution in [1.29, 1.82) is 0 Å². The van der Waals surface area contributed by atoms with Crippen LogP contribution in [0.3, 0.4) is 0 Å². The smallest absolute Gasteiger partial charge is 0.310 e. The fraction of sp³-hybridized carbons (Fsp3) is 0.125. The number of anilines is 1. The number of carbonyl (C=O) groups excluding carboxylic acids is 2. The number of amides is 1. The maximum atomic E-state index is 13.4. The molecule has 22 heavy (non-hydrogen) atoms. The summed E-state index contributed by atoms with van der Waals surface area (Å²) in [4.78, 5) is 23.1. The molecule has 0 fully saturated rings. The molecule has 0 aliphatic heterocycles. The van der Waals surface area contributed by atoms with Gasteiger partial charge in [-0.05, 0) is 35.9 Å². The molecule has 2 rings (SSSR count). The number of rotatable bonds is 5. The van der Waals surface area contributed by atoms with E-state index in [1.165, 1.54) is 42.5 Å². The van der Waals surface area contributed by atoms with Crippen LogP contribution in [0.1, 0.15) is 5.56 Å². The lowest BCUT2D eigenvalue weighted by molar-refractivity contribution is -0.146. The van der Waals surface area contributed by atoms with E-state index < -0.39 is 30.1 Å². The molecule has 0 saturated heterocycles. The number of hydrogen-bond donors (Lipinski definition) is 1. The molecule has 0 spiro atoms. The number of halogens is 2. The quantitative estimate of drug-likeness (QED) is 0.864. The first-order chi connectivity index (χ1) is 10.5. The van der Waals surface area contributed by atoms with Gasteiger partial charge in [-0.15, -0.1) is 0 Å². The van der Waals surface area contributed by atoms with E-state index in [2.05, 4.69) is 5.32 Å². The molecular formula is C16H13F2NO3. The Bertz CT molecular complexity index is 671. The predicted octanol–water partition coefficient (Wildman–Crippen LogP) is 2.69. The first kappa shape index (κ1) is 15.6. The maximum Gasteiger partial charge on any atom is 0.310 e. The van der Waals surface area contributed by atoms with Gasteiger partial charge >= 0.3 is 5.97 Å². The normalized spacial score (nSPS) is 10.1. The highest BCUT2D eigenvalue weighted by atomic mass is 19.1. The lowest BCUT2D eigenvalue weighted by Gasteiger charge is -2.07. The molecule has 4 nitrogen and oxygen atoms in total. The van der Waals surface area contributed by atoms with Crippen LogP contribution in [-0.2, 0) is 20.7 Å². The Hall–Kier alpha value is -2.76. The monoisotopic (exact) mass is 305 g/mol. The summed E-state index contributed by atoms with van der Waals surface area (Å²) in [6.07, 6.45) is -0.253. The fourth-order valence-corrected chi connectivity index (χ4v) is 1.72. The molecule has 0 bridgehead atoms. The molecule has 0 aliphatic rings. The average molecular weight is 305 g/mol. The van der Waals surface area contributed by atoms with E-state index >= 15 is 0 Å². The number of benzene rings is 2. The molecule has 0 unspecified atom stereocenters. The molecule has 1 amide bonds. The summed E-state index contributed by atoms with van der Waals surface area (Å²) < 4.78 is 30.8. The minimum Gasteiger partial charge on any atom is -0.455 e. The van der Waals surface area contributed by atoms with Crippen LogP contribution in [0, 0.1) is 11.6 Å². The Morgan fingerprint density at radius 3 is 2.36 bits per heavy atom. The molecule has 0 radical (unpaired) electrons. The number of esters is 1. The third-order valence-corrected chi connectivity index (χ3v) is 2.78. The van der Waals surface area contributed by atoms with E-state index in [4.69, 9.17) is 4.74 Å². The van der Waals surface area contributed by atoms with Gasteiger partial charge in [-0.3, -0.25) is 9.59 Å². The molecule has 1 N–H and O–H groups in total. The second-order valence-corrected chi connectivity index (χ2v) is 4.48. The van der Waals surface area contributed by atoms with Gasteiger partial charge < -0.3 is 10.1 Å². The average Bonchev–Trinajstić information content (AvgIpc) is 2.50. The van der Waals surface area contributed by atoms with Gasteiger partial charge in [0.2, 0.25) is 0 Å². The van der Waals surface area contributed by atoms with Crippen LogP contribution in [0.15, 0.2) is 48.5 Å². The van der Waals surface area contributed by atoms with Crippen LogP contribution in [0.5, 0.6) is 0 Å². The summed E-state index contributed by atoms with van der Waals surface area (Å²) in [6.45, 7) is -0.495. The molecule has 0 atom stereocenters. The summed E-state index contributed by atoms with van der Waals surface area (Å²) >= 11 is 0. The first-order valence-corrected chi connectivity index (χ1v) is 6.49. The van der Waals surface area contributed by atoms with Crippen molar-refractivity contribution in [1.82, 2.24) is 0 Å². The highest BCUT2D eigenvalue weighted by molar-refractivity contribution is 5.92. The number of hydrogen-bond acceptors (Lipinski definition) is 3. The zero-order valence-electron chi connectivity index (χ0n) is 11.5. The van der Waals surface area contributed by atoms with E-state index in [1.54, 1.807) is 6.07 Å². The Balaban J connectivity index is 1.79. The molecule has 0 heterocycles. The molecular weight excluding hydrogens is 292 g/mol. The van der Waals surface area contributed by atoms with Crippen LogP contribution in [0.2, 0.25) is 0 Å². The Kier molecular flexibility index (Phi) is 5.19. The third kappa shape index (κ3) is 4.66. The lowest BCUT2D eigenvalue weighted by atomic mass is 10.1.